The number of nitrogens with two attached hydrogens (primary N) is 1. The van der Waals surface area contributed by atoms with E-state index in [1.807, 2.05) is 0 Å². The summed E-state index contributed by atoms with van der Waals surface area (Å²) >= 11 is 0. The molecule has 1 aliphatic carbocycles. The Kier molecular flexibility index (Phi) is 4.28. The molecule has 20 heavy (non-hydrogen) atoms. The van der Waals surface area contributed by atoms with E-state index >= 15 is 0 Å². The van der Waals surface area contributed by atoms with Crippen molar-refractivity contribution < 1.29 is 14.3 Å². The molecule has 4 nitrogen and oxygen atoms in total. The van der Waals surface area contributed by atoms with Gasteiger partial charge in [0.2, 0.25) is 0 Å². The smallest absolute Gasteiger partial charge is 0.255 e. The predicted molar refractivity (Wildman–Crippen MR) is 74.9 cm³/mol. The standard InChI is InChI=1S/C15H21FN2O2/c1-10-3-2-6-15(8-10,9-17)18-14(20)12-7-11(16)4-5-13(12)19/h4-5,7,10,19H,2-3,6,8-9,17H2,1H3,(H,18,20). The Morgan fingerprint density at radius 2 is 2.35 bits per heavy atom. The second-order valence-corrected chi connectivity index (χ2v) is 5.80. The van der Waals surface area contributed by atoms with E-state index in [2.05, 4.69) is 12.2 Å². The summed E-state index contributed by atoms with van der Waals surface area (Å²) in [6.07, 6.45) is 3.76. The Balaban J connectivity index is 2.19. The maximum atomic E-state index is 13.2. The van der Waals surface area contributed by atoms with E-state index in [1.165, 1.54) is 6.07 Å². The molecule has 0 aliphatic heterocycles. The molecule has 0 saturated heterocycles. The SMILES string of the molecule is CC1CCCC(CN)(NC(=O)c2cc(F)ccc2O)C1. The van der Waals surface area contributed by atoms with E-state index < -0.39 is 17.3 Å². The van der Waals surface area contributed by atoms with Crippen LogP contribution in [-0.2, 0) is 0 Å². The normalized spacial score (nSPS) is 26.2. The third kappa shape index (κ3) is 3.10. The molecule has 2 unspecified atom stereocenters. The van der Waals surface area contributed by atoms with Gasteiger partial charge in [0.05, 0.1) is 11.1 Å². The molecule has 5 heteroatoms. The molecule has 4 N–H and O–H groups in total. The van der Waals surface area contributed by atoms with Gasteiger partial charge in [0.25, 0.3) is 5.91 Å². The molecule has 1 aromatic carbocycles. The summed E-state index contributed by atoms with van der Waals surface area (Å²) in [5.41, 5.74) is 5.35. The molecular formula is C15H21FN2O2. The van der Waals surface area contributed by atoms with E-state index in [1.54, 1.807) is 0 Å². The summed E-state index contributed by atoms with van der Waals surface area (Å²) in [5.74, 6) is -0.748. The number of halogens is 1. The molecule has 1 fully saturated rings. The second kappa shape index (κ2) is 5.79. The van der Waals surface area contributed by atoms with E-state index in [-0.39, 0.29) is 11.3 Å². The van der Waals surface area contributed by atoms with Crippen molar-refractivity contribution in [2.45, 2.75) is 38.1 Å². The molecular weight excluding hydrogens is 259 g/mol. The number of hydrogen-bond acceptors (Lipinski definition) is 3. The number of phenols is 1. The quantitative estimate of drug-likeness (QED) is 0.794. The van der Waals surface area contributed by atoms with Gasteiger partial charge in [-0.15, -0.1) is 0 Å². The fourth-order valence-corrected chi connectivity index (χ4v) is 3.01. The minimum absolute atomic E-state index is 0.0453. The van der Waals surface area contributed by atoms with Crippen LogP contribution in [0.3, 0.4) is 0 Å². The second-order valence-electron chi connectivity index (χ2n) is 5.80. The van der Waals surface area contributed by atoms with Crippen molar-refractivity contribution in [1.82, 2.24) is 5.32 Å². The Morgan fingerprint density at radius 3 is 3.00 bits per heavy atom. The van der Waals surface area contributed by atoms with Gasteiger partial charge < -0.3 is 16.2 Å². The number of rotatable bonds is 3. The number of amides is 1. The zero-order chi connectivity index (χ0) is 14.8. The first-order chi connectivity index (χ1) is 9.46. The van der Waals surface area contributed by atoms with E-state index in [9.17, 15) is 14.3 Å². The van der Waals surface area contributed by atoms with Crippen molar-refractivity contribution in [2.75, 3.05) is 6.54 Å². The minimum atomic E-state index is -0.549. The lowest BCUT2D eigenvalue weighted by molar-refractivity contribution is 0.0850. The molecule has 0 heterocycles. The molecule has 0 aromatic heterocycles. The first-order valence-electron chi connectivity index (χ1n) is 6.97. The lowest BCUT2D eigenvalue weighted by Gasteiger charge is -2.40. The van der Waals surface area contributed by atoms with Crippen molar-refractivity contribution in [1.29, 1.82) is 0 Å². The topological polar surface area (TPSA) is 75.3 Å². The number of carbonyl (C=O) groups excluding carboxylic acids is 1. The van der Waals surface area contributed by atoms with Gasteiger partial charge in [-0.1, -0.05) is 19.8 Å². The van der Waals surface area contributed by atoms with Crippen molar-refractivity contribution in [2.24, 2.45) is 11.7 Å². The number of carbonyl (C=O) groups is 1. The minimum Gasteiger partial charge on any atom is -0.507 e. The maximum Gasteiger partial charge on any atom is 0.255 e. The molecule has 110 valence electrons. The van der Waals surface area contributed by atoms with Gasteiger partial charge in [-0.3, -0.25) is 4.79 Å². The van der Waals surface area contributed by atoms with Gasteiger partial charge in [-0.2, -0.15) is 0 Å². The van der Waals surface area contributed by atoms with Crippen LogP contribution in [0.4, 0.5) is 4.39 Å². The summed E-state index contributed by atoms with van der Waals surface area (Å²) in [7, 11) is 0. The van der Waals surface area contributed by atoms with E-state index in [4.69, 9.17) is 5.73 Å². The van der Waals surface area contributed by atoms with Crippen LogP contribution in [0.25, 0.3) is 0 Å². The summed E-state index contributed by atoms with van der Waals surface area (Å²) < 4.78 is 13.2. The summed E-state index contributed by atoms with van der Waals surface area (Å²) in [5, 5.41) is 12.6. The predicted octanol–water partition coefficient (Wildman–Crippen LogP) is 2.17. The average molecular weight is 280 g/mol. The molecule has 2 atom stereocenters. The van der Waals surface area contributed by atoms with Crippen LogP contribution in [0, 0.1) is 11.7 Å². The third-order valence-corrected chi connectivity index (χ3v) is 4.06. The number of hydrogen-bond donors (Lipinski definition) is 3. The molecule has 0 radical (unpaired) electrons. The molecule has 2 rings (SSSR count). The van der Waals surface area contributed by atoms with E-state index in [0.717, 1.165) is 37.8 Å². The summed E-state index contributed by atoms with van der Waals surface area (Å²) in [6.45, 7) is 2.48. The zero-order valence-corrected chi connectivity index (χ0v) is 11.7. The van der Waals surface area contributed by atoms with Crippen LogP contribution < -0.4 is 11.1 Å². The zero-order valence-electron chi connectivity index (χ0n) is 11.7. The van der Waals surface area contributed by atoms with Crippen molar-refractivity contribution in [3.05, 3.63) is 29.6 Å². The number of benzene rings is 1. The lowest BCUT2D eigenvalue weighted by atomic mass is 9.76. The highest BCUT2D eigenvalue weighted by molar-refractivity contribution is 5.97. The van der Waals surface area contributed by atoms with Crippen LogP contribution in [-0.4, -0.2) is 23.1 Å². The van der Waals surface area contributed by atoms with Gasteiger partial charge >= 0.3 is 0 Å². The van der Waals surface area contributed by atoms with Gasteiger partial charge in [-0.25, -0.2) is 4.39 Å². The number of phenolic OH excluding ortho intramolecular Hbond substituents is 1. The molecule has 1 amide bonds. The largest absolute Gasteiger partial charge is 0.507 e. The Labute approximate surface area is 118 Å². The first kappa shape index (κ1) is 14.8. The van der Waals surface area contributed by atoms with Gasteiger partial charge in [-0.05, 0) is 37.0 Å². The fraction of sp³-hybridized carbons (Fsp3) is 0.533. The van der Waals surface area contributed by atoms with Gasteiger partial charge in [0.15, 0.2) is 0 Å². The molecule has 0 spiro atoms. The van der Waals surface area contributed by atoms with Crippen LogP contribution in [0.15, 0.2) is 18.2 Å². The highest BCUT2D eigenvalue weighted by Gasteiger charge is 2.35. The van der Waals surface area contributed by atoms with Crippen molar-refractivity contribution >= 4 is 5.91 Å². The third-order valence-electron chi connectivity index (χ3n) is 4.06. The summed E-state index contributed by atoms with van der Waals surface area (Å²) in [6, 6.07) is 3.34. The molecule has 1 aliphatic rings. The molecule has 0 bridgehead atoms. The van der Waals surface area contributed by atoms with Crippen LogP contribution in [0.2, 0.25) is 0 Å². The van der Waals surface area contributed by atoms with Crippen LogP contribution in [0.5, 0.6) is 5.75 Å². The average Bonchev–Trinajstić information content (AvgIpc) is 2.41. The van der Waals surface area contributed by atoms with Crippen LogP contribution in [0.1, 0.15) is 43.0 Å². The number of aromatic hydroxyl groups is 1. The fourth-order valence-electron chi connectivity index (χ4n) is 3.01. The first-order valence-corrected chi connectivity index (χ1v) is 6.97. The number of nitrogens with one attached hydrogen (secondary N) is 1. The Morgan fingerprint density at radius 1 is 1.60 bits per heavy atom. The lowest BCUT2D eigenvalue weighted by Crippen LogP contribution is -2.56. The van der Waals surface area contributed by atoms with Crippen molar-refractivity contribution in [3.63, 3.8) is 0 Å². The van der Waals surface area contributed by atoms with Gasteiger partial charge in [0.1, 0.15) is 11.6 Å². The Bertz CT molecular complexity index is 507. The Hall–Kier alpha value is -1.62. The van der Waals surface area contributed by atoms with E-state index in [0.29, 0.717) is 12.5 Å². The monoisotopic (exact) mass is 280 g/mol. The van der Waals surface area contributed by atoms with Gasteiger partial charge in [0, 0.05) is 6.54 Å². The molecule has 1 aromatic rings. The summed E-state index contributed by atoms with van der Waals surface area (Å²) in [4.78, 5) is 12.3. The molecule has 1 saturated carbocycles. The van der Waals surface area contributed by atoms with Crippen LogP contribution >= 0.6 is 0 Å². The maximum absolute atomic E-state index is 13.2. The highest BCUT2D eigenvalue weighted by atomic mass is 19.1. The highest BCUT2D eigenvalue weighted by Crippen LogP contribution is 2.32. The van der Waals surface area contributed by atoms with Crippen molar-refractivity contribution in [3.8, 4) is 5.75 Å².